The highest BCUT2D eigenvalue weighted by atomic mass is 14.3. The lowest BCUT2D eigenvalue weighted by atomic mass is 9.94. The molecule has 0 aromatic heterocycles. The van der Waals surface area contributed by atoms with E-state index in [1.807, 2.05) is 0 Å². The zero-order valence-electron chi connectivity index (χ0n) is 11.1. The van der Waals surface area contributed by atoms with Crippen molar-refractivity contribution in [1.29, 1.82) is 0 Å². The van der Waals surface area contributed by atoms with Crippen molar-refractivity contribution in [3.05, 3.63) is 33.9 Å². The molecular formula is C15H24. The van der Waals surface area contributed by atoms with E-state index in [4.69, 9.17) is 0 Å². The van der Waals surface area contributed by atoms with Gasteiger partial charge in [-0.1, -0.05) is 29.7 Å². The molecule has 0 spiro atoms. The van der Waals surface area contributed by atoms with E-state index in [1.165, 1.54) is 24.0 Å². The summed E-state index contributed by atoms with van der Waals surface area (Å²) >= 11 is 0. The average Bonchev–Trinajstić information content (AvgIpc) is 2.34. The van der Waals surface area contributed by atoms with Crippen LogP contribution in [0.15, 0.2) is 33.9 Å². The fourth-order valence-electron chi connectivity index (χ4n) is 2.37. The Bertz CT molecular complexity index is 333. The Balaban J connectivity index is 2.70. The summed E-state index contributed by atoms with van der Waals surface area (Å²) in [5, 5.41) is 0. The molecule has 0 saturated heterocycles. The average molecular weight is 204 g/mol. The standard InChI is InChI=1S/C15H24/c1-10(2)8-7-9-15-13(5)11(3)12(4)14(15)6/h8,13H,7,9H2,1-6H3. The van der Waals surface area contributed by atoms with E-state index in [-0.39, 0.29) is 0 Å². The van der Waals surface area contributed by atoms with Crippen LogP contribution in [0.4, 0.5) is 0 Å². The van der Waals surface area contributed by atoms with Gasteiger partial charge in [-0.2, -0.15) is 0 Å². The van der Waals surface area contributed by atoms with Gasteiger partial charge in [0.05, 0.1) is 0 Å². The van der Waals surface area contributed by atoms with Crippen LogP contribution in [-0.2, 0) is 0 Å². The van der Waals surface area contributed by atoms with Crippen molar-refractivity contribution in [3.8, 4) is 0 Å². The first-order chi connectivity index (χ1) is 6.95. The van der Waals surface area contributed by atoms with Crippen LogP contribution in [0.3, 0.4) is 0 Å². The molecule has 0 heteroatoms. The van der Waals surface area contributed by atoms with Gasteiger partial charge in [0.1, 0.15) is 0 Å². The molecule has 1 atom stereocenters. The van der Waals surface area contributed by atoms with Crippen molar-refractivity contribution in [2.24, 2.45) is 5.92 Å². The molecule has 84 valence electrons. The van der Waals surface area contributed by atoms with E-state index in [9.17, 15) is 0 Å². The smallest absolute Gasteiger partial charge is 0.00125 e. The summed E-state index contributed by atoms with van der Waals surface area (Å²) in [6.07, 6.45) is 4.77. The van der Waals surface area contributed by atoms with Crippen molar-refractivity contribution in [3.63, 3.8) is 0 Å². The number of rotatable bonds is 3. The van der Waals surface area contributed by atoms with Crippen molar-refractivity contribution in [2.45, 2.75) is 54.4 Å². The van der Waals surface area contributed by atoms with Crippen LogP contribution in [0.25, 0.3) is 0 Å². The molecule has 1 unspecified atom stereocenters. The van der Waals surface area contributed by atoms with Gasteiger partial charge >= 0.3 is 0 Å². The third kappa shape index (κ3) is 2.62. The highest BCUT2D eigenvalue weighted by molar-refractivity contribution is 5.46. The SMILES string of the molecule is CC(C)=CCCC1=C(C)C(C)=C(C)C1C. The first-order valence-corrected chi connectivity index (χ1v) is 5.96. The zero-order valence-corrected chi connectivity index (χ0v) is 11.1. The first kappa shape index (κ1) is 12.3. The summed E-state index contributed by atoms with van der Waals surface area (Å²) in [7, 11) is 0. The first-order valence-electron chi connectivity index (χ1n) is 5.96. The third-order valence-electron chi connectivity index (χ3n) is 3.77. The lowest BCUT2D eigenvalue weighted by Crippen LogP contribution is -1.97. The molecule has 0 N–H and O–H groups in total. The second kappa shape index (κ2) is 4.83. The Morgan fingerprint density at radius 3 is 2.13 bits per heavy atom. The van der Waals surface area contributed by atoms with Gasteiger partial charge in [-0.25, -0.2) is 0 Å². The van der Waals surface area contributed by atoms with Crippen LogP contribution < -0.4 is 0 Å². The van der Waals surface area contributed by atoms with Crippen LogP contribution >= 0.6 is 0 Å². The molecule has 15 heavy (non-hydrogen) atoms. The Morgan fingerprint density at radius 1 is 1.13 bits per heavy atom. The van der Waals surface area contributed by atoms with Crippen molar-refractivity contribution in [2.75, 3.05) is 0 Å². The molecule has 0 aromatic rings. The summed E-state index contributed by atoms with van der Waals surface area (Å²) < 4.78 is 0. The highest BCUT2D eigenvalue weighted by Crippen LogP contribution is 2.38. The minimum absolute atomic E-state index is 0.676. The maximum Gasteiger partial charge on any atom is -0.00125 e. The fourth-order valence-corrected chi connectivity index (χ4v) is 2.37. The van der Waals surface area contributed by atoms with Gasteiger partial charge in [0.2, 0.25) is 0 Å². The van der Waals surface area contributed by atoms with E-state index in [1.54, 1.807) is 16.7 Å². The highest BCUT2D eigenvalue weighted by Gasteiger charge is 2.22. The molecule has 0 aromatic carbocycles. The van der Waals surface area contributed by atoms with Gasteiger partial charge in [0.15, 0.2) is 0 Å². The van der Waals surface area contributed by atoms with Crippen LogP contribution in [0, 0.1) is 5.92 Å². The summed E-state index contributed by atoms with van der Waals surface area (Å²) in [5.41, 5.74) is 7.72. The second-order valence-corrected chi connectivity index (χ2v) is 5.00. The van der Waals surface area contributed by atoms with Crippen molar-refractivity contribution < 1.29 is 0 Å². The summed E-state index contributed by atoms with van der Waals surface area (Å²) in [4.78, 5) is 0. The molecule has 0 radical (unpaired) electrons. The lowest BCUT2D eigenvalue weighted by molar-refractivity contribution is 0.751. The Hall–Kier alpha value is -0.780. The molecule has 1 aliphatic carbocycles. The Morgan fingerprint density at radius 2 is 1.73 bits per heavy atom. The van der Waals surface area contributed by atoms with E-state index >= 15 is 0 Å². The topological polar surface area (TPSA) is 0 Å². The molecule has 0 amide bonds. The molecule has 1 rings (SSSR count). The molecule has 0 nitrogen and oxygen atoms in total. The number of hydrogen-bond donors (Lipinski definition) is 0. The van der Waals surface area contributed by atoms with Gasteiger partial charge in [-0.15, -0.1) is 0 Å². The van der Waals surface area contributed by atoms with Crippen LogP contribution in [0.5, 0.6) is 0 Å². The van der Waals surface area contributed by atoms with E-state index in [0.717, 1.165) is 0 Å². The maximum absolute atomic E-state index is 2.34. The fraction of sp³-hybridized carbons (Fsp3) is 0.600. The third-order valence-corrected chi connectivity index (χ3v) is 3.77. The second-order valence-electron chi connectivity index (χ2n) is 5.00. The summed E-state index contributed by atoms with van der Waals surface area (Å²) in [6, 6.07) is 0. The van der Waals surface area contributed by atoms with Crippen molar-refractivity contribution >= 4 is 0 Å². The molecule has 0 bridgehead atoms. The lowest BCUT2D eigenvalue weighted by Gasteiger charge is -2.11. The Labute approximate surface area is 94.8 Å². The minimum Gasteiger partial charge on any atom is -0.0856 e. The number of hydrogen-bond acceptors (Lipinski definition) is 0. The van der Waals surface area contributed by atoms with E-state index in [0.29, 0.717) is 5.92 Å². The summed E-state index contributed by atoms with van der Waals surface area (Å²) in [6.45, 7) is 13.5. The van der Waals surface area contributed by atoms with Crippen LogP contribution in [0.1, 0.15) is 54.4 Å². The minimum atomic E-state index is 0.676. The monoisotopic (exact) mass is 204 g/mol. The quantitative estimate of drug-likeness (QED) is 0.565. The normalized spacial score (nSPS) is 21.3. The zero-order chi connectivity index (χ0) is 11.6. The predicted octanol–water partition coefficient (Wildman–Crippen LogP) is 5.04. The summed E-state index contributed by atoms with van der Waals surface area (Å²) in [5.74, 6) is 0.676. The van der Waals surface area contributed by atoms with Crippen molar-refractivity contribution in [1.82, 2.24) is 0 Å². The van der Waals surface area contributed by atoms with Gasteiger partial charge in [0, 0.05) is 0 Å². The maximum atomic E-state index is 2.34. The molecular weight excluding hydrogens is 180 g/mol. The van der Waals surface area contributed by atoms with Crippen LogP contribution in [0.2, 0.25) is 0 Å². The molecule has 0 aliphatic heterocycles. The predicted molar refractivity (Wildman–Crippen MR) is 68.9 cm³/mol. The Kier molecular flexibility index (Phi) is 3.96. The molecule has 0 fully saturated rings. The van der Waals surface area contributed by atoms with Gasteiger partial charge in [-0.3, -0.25) is 0 Å². The van der Waals surface area contributed by atoms with Gasteiger partial charge in [-0.05, 0) is 64.5 Å². The number of allylic oxidation sites excluding steroid dienone is 6. The molecule has 0 saturated carbocycles. The van der Waals surface area contributed by atoms with E-state index in [2.05, 4.69) is 47.6 Å². The van der Waals surface area contributed by atoms with Gasteiger partial charge in [0.25, 0.3) is 0 Å². The van der Waals surface area contributed by atoms with Gasteiger partial charge < -0.3 is 0 Å². The molecule has 0 heterocycles. The van der Waals surface area contributed by atoms with Crippen LogP contribution in [-0.4, -0.2) is 0 Å². The van der Waals surface area contributed by atoms with E-state index < -0.39 is 0 Å². The molecule has 1 aliphatic rings. The largest absolute Gasteiger partial charge is 0.0856 e.